The van der Waals surface area contributed by atoms with Gasteiger partial charge in [0.15, 0.2) is 5.78 Å². The van der Waals surface area contributed by atoms with E-state index < -0.39 is 18.2 Å². The van der Waals surface area contributed by atoms with Gasteiger partial charge in [0.2, 0.25) is 0 Å². The first-order valence-corrected chi connectivity index (χ1v) is 4.44. The van der Waals surface area contributed by atoms with Crippen LogP contribution in [0.15, 0.2) is 18.2 Å². The first-order valence-electron chi connectivity index (χ1n) is 4.44. The maximum atomic E-state index is 11.4. The predicted molar refractivity (Wildman–Crippen MR) is 54.3 cm³/mol. The molecule has 1 rings (SSSR count). The normalized spacial score (nSPS) is 9.73. The van der Waals surface area contributed by atoms with Crippen molar-refractivity contribution in [2.45, 2.75) is 13.3 Å². The molecule has 0 saturated carbocycles. The maximum Gasteiger partial charge on any atom is 0.311 e. The molecule has 0 aliphatic heterocycles. The first-order chi connectivity index (χ1) is 7.04. The van der Waals surface area contributed by atoms with Gasteiger partial charge in [0.25, 0.3) is 0 Å². The first kappa shape index (κ1) is 11.2. The lowest BCUT2D eigenvalue weighted by Gasteiger charge is -2.05. The van der Waals surface area contributed by atoms with Crippen LogP contribution >= 0.6 is 0 Å². The number of hydrogen-bond acceptors (Lipinski definition) is 3. The topological polar surface area (TPSA) is 63.6 Å². The van der Waals surface area contributed by atoms with Gasteiger partial charge in [0.1, 0.15) is 12.2 Å². The fourth-order valence-corrected chi connectivity index (χ4v) is 1.23. The third-order valence-corrected chi connectivity index (χ3v) is 2.04. The van der Waals surface area contributed by atoms with E-state index >= 15 is 0 Å². The van der Waals surface area contributed by atoms with E-state index in [0.29, 0.717) is 11.3 Å². The number of aryl methyl sites for hydroxylation is 1. The second-order valence-electron chi connectivity index (χ2n) is 3.18. The molecule has 4 nitrogen and oxygen atoms in total. The van der Waals surface area contributed by atoms with Gasteiger partial charge < -0.3 is 9.84 Å². The summed E-state index contributed by atoms with van der Waals surface area (Å²) in [5.74, 6) is -0.952. The maximum absolute atomic E-state index is 11.4. The average Bonchev–Trinajstić information content (AvgIpc) is 2.17. The number of carbonyl (C=O) groups is 2. The van der Waals surface area contributed by atoms with Crippen LogP contribution in [0.25, 0.3) is 0 Å². The average molecular weight is 208 g/mol. The molecule has 0 aliphatic rings. The van der Waals surface area contributed by atoms with Gasteiger partial charge in [-0.15, -0.1) is 0 Å². The van der Waals surface area contributed by atoms with Crippen molar-refractivity contribution in [3.8, 4) is 5.75 Å². The van der Waals surface area contributed by atoms with Crippen LogP contribution in [0.1, 0.15) is 22.3 Å². The number of carboxylic acid groups (broad SMARTS) is 1. The van der Waals surface area contributed by atoms with Gasteiger partial charge in [-0.25, -0.2) is 0 Å². The van der Waals surface area contributed by atoms with Crippen molar-refractivity contribution >= 4 is 11.8 Å². The third kappa shape index (κ3) is 2.80. The smallest absolute Gasteiger partial charge is 0.311 e. The Labute approximate surface area is 87.5 Å². The molecule has 0 radical (unpaired) electrons. The summed E-state index contributed by atoms with van der Waals surface area (Å²) < 4.78 is 5.04. The number of aliphatic carboxylic acids is 1. The monoisotopic (exact) mass is 208 g/mol. The molecule has 0 unspecified atom stereocenters. The predicted octanol–water partition coefficient (Wildman–Crippen LogP) is 1.66. The Balaban J connectivity index is 2.95. The van der Waals surface area contributed by atoms with E-state index in [1.54, 1.807) is 18.2 Å². The zero-order valence-electron chi connectivity index (χ0n) is 8.61. The molecule has 0 amide bonds. The van der Waals surface area contributed by atoms with E-state index in [1.165, 1.54) is 7.11 Å². The standard InChI is InChI=1S/C11H12O4/c1-7-3-4-8(5-10(7)15-2)9(12)6-11(13)14/h3-5H,6H2,1-2H3,(H,13,14). The Morgan fingerprint density at radius 1 is 1.40 bits per heavy atom. The molecule has 4 heteroatoms. The number of ether oxygens (including phenoxy) is 1. The van der Waals surface area contributed by atoms with E-state index in [1.807, 2.05) is 6.92 Å². The Hall–Kier alpha value is -1.84. The SMILES string of the molecule is COc1cc(C(=O)CC(=O)O)ccc1C. The molecular formula is C11H12O4. The zero-order chi connectivity index (χ0) is 11.4. The van der Waals surface area contributed by atoms with Gasteiger partial charge in [0.05, 0.1) is 7.11 Å². The lowest BCUT2D eigenvalue weighted by atomic mass is 10.1. The molecular weight excluding hydrogens is 196 g/mol. The van der Waals surface area contributed by atoms with Crippen LogP contribution in [0.3, 0.4) is 0 Å². The summed E-state index contributed by atoms with van der Waals surface area (Å²) in [6.07, 6.45) is -0.494. The molecule has 0 aromatic heterocycles. The van der Waals surface area contributed by atoms with Gasteiger partial charge in [-0.3, -0.25) is 9.59 Å². The van der Waals surface area contributed by atoms with Crippen molar-refractivity contribution in [2.24, 2.45) is 0 Å². The Morgan fingerprint density at radius 3 is 2.60 bits per heavy atom. The highest BCUT2D eigenvalue weighted by Gasteiger charge is 2.11. The van der Waals surface area contributed by atoms with E-state index in [4.69, 9.17) is 9.84 Å². The summed E-state index contributed by atoms with van der Waals surface area (Å²) in [4.78, 5) is 21.8. The number of carboxylic acids is 1. The van der Waals surface area contributed by atoms with Gasteiger partial charge in [-0.1, -0.05) is 12.1 Å². The van der Waals surface area contributed by atoms with E-state index in [9.17, 15) is 9.59 Å². The van der Waals surface area contributed by atoms with E-state index in [-0.39, 0.29) is 0 Å². The fourth-order valence-electron chi connectivity index (χ4n) is 1.23. The molecule has 1 aromatic carbocycles. The molecule has 1 N–H and O–H groups in total. The minimum atomic E-state index is -1.13. The van der Waals surface area contributed by atoms with Gasteiger partial charge in [-0.05, 0) is 18.6 Å². The van der Waals surface area contributed by atoms with Crippen molar-refractivity contribution < 1.29 is 19.4 Å². The summed E-state index contributed by atoms with van der Waals surface area (Å²) in [5, 5.41) is 8.47. The molecule has 15 heavy (non-hydrogen) atoms. The molecule has 0 aliphatic carbocycles. The number of rotatable bonds is 4. The van der Waals surface area contributed by atoms with Gasteiger partial charge in [-0.2, -0.15) is 0 Å². The summed E-state index contributed by atoms with van der Waals surface area (Å²) in [6, 6.07) is 4.89. The Morgan fingerprint density at radius 2 is 2.07 bits per heavy atom. The number of methoxy groups -OCH3 is 1. The highest BCUT2D eigenvalue weighted by molar-refractivity contribution is 6.05. The van der Waals surface area contributed by atoms with Crippen LogP contribution < -0.4 is 4.74 Å². The Kier molecular flexibility index (Phi) is 3.44. The summed E-state index contributed by atoms with van der Waals surface area (Å²) in [5.41, 5.74) is 1.27. The van der Waals surface area contributed by atoms with Crippen molar-refractivity contribution in [1.82, 2.24) is 0 Å². The number of hydrogen-bond donors (Lipinski definition) is 1. The Bertz CT molecular complexity index is 396. The van der Waals surface area contributed by atoms with Crippen molar-refractivity contribution in [2.75, 3.05) is 7.11 Å². The highest BCUT2D eigenvalue weighted by Crippen LogP contribution is 2.19. The fraction of sp³-hybridized carbons (Fsp3) is 0.273. The van der Waals surface area contributed by atoms with Gasteiger partial charge in [0, 0.05) is 5.56 Å². The number of benzene rings is 1. The van der Waals surface area contributed by atoms with Gasteiger partial charge >= 0.3 is 5.97 Å². The highest BCUT2D eigenvalue weighted by atomic mass is 16.5. The van der Waals surface area contributed by atoms with E-state index in [0.717, 1.165) is 5.56 Å². The zero-order valence-corrected chi connectivity index (χ0v) is 8.61. The van der Waals surface area contributed by atoms with Crippen LogP contribution in [0, 0.1) is 6.92 Å². The van der Waals surface area contributed by atoms with Crippen LogP contribution in [-0.2, 0) is 4.79 Å². The molecule has 0 atom stereocenters. The largest absolute Gasteiger partial charge is 0.496 e. The van der Waals surface area contributed by atoms with Crippen LogP contribution in [0.2, 0.25) is 0 Å². The minimum absolute atomic E-state index is 0.361. The summed E-state index contributed by atoms with van der Waals surface area (Å²) in [6.45, 7) is 1.85. The molecule has 80 valence electrons. The second-order valence-corrected chi connectivity index (χ2v) is 3.18. The van der Waals surface area contributed by atoms with Crippen LogP contribution in [0.5, 0.6) is 5.75 Å². The molecule has 0 heterocycles. The lowest BCUT2D eigenvalue weighted by Crippen LogP contribution is -2.07. The summed E-state index contributed by atoms with van der Waals surface area (Å²) in [7, 11) is 1.51. The quantitative estimate of drug-likeness (QED) is 0.603. The molecule has 0 spiro atoms. The third-order valence-electron chi connectivity index (χ3n) is 2.04. The van der Waals surface area contributed by atoms with Crippen LogP contribution in [-0.4, -0.2) is 24.0 Å². The molecule has 0 fully saturated rings. The second kappa shape index (κ2) is 4.59. The van der Waals surface area contributed by atoms with Crippen LogP contribution in [0.4, 0.5) is 0 Å². The van der Waals surface area contributed by atoms with Crippen molar-refractivity contribution in [1.29, 1.82) is 0 Å². The lowest BCUT2D eigenvalue weighted by molar-refractivity contribution is -0.135. The molecule has 1 aromatic rings. The van der Waals surface area contributed by atoms with Crippen molar-refractivity contribution in [3.05, 3.63) is 29.3 Å². The molecule has 0 bridgehead atoms. The number of ketones is 1. The number of Topliss-reactive ketones (excluding diaryl/α,β-unsaturated/α-hetero) is 1. The number of carbonyl (C=O) groups excluding carboxylic acids is 1. The van der Waals surface area contributed by atoms with Crippen molar-refractivity contribution in [3.63, 3.8) is 0 Å². The molecule has 0 saturated heterocycles. The van der Waals surface area contributed by atoms with E-state index in [2.05, 4.69) is 0 Å². The summed E-state index contributed by atoms with van der Waals surface area (Å²) >= 11 is 0. The minimum Gasteiger partial charge on any atom is -0.496 e.